The molecule has 0 aliphatic heterocycles. The summed E-state index contributed by atoms with van der Waals surface area (Å²) >= 11 is 0. The number of carbonyl (C=O) groups is 1. The van der Waals surface area contributed by atoms with Gasteiger partial charge in [-0.1, -0.05) is 31.5 Å². The highest BCUT2D eigenvalue weighted by molar-refractivity contribution is 5.94. The molecular formula is C16H17N3O2. The Morgan fingerprint density at radius 1 is 1.48 bits per heavy atom. The van der Waals surface area contributed by atoms with Crippen molar-refractivity contribution < 1.29 is 9.90 Å². The molecule has 108 valence electrons. The fourth-order valence-corrected chi connectivity index (χ4v) is 2.37. The first-order valence-corrected chi connectivity index (χ1v) is 6.92. The van der Waals surface area contributed by atoms with Crippen LogP contribution in [0.3, 0.4) is 0 Å². The molecule has 1 aromatic carbocycles. The van der Waals surface area contributed by atoms with Gasteiger partial charge < -0.3 is 10.4 Å². The number of hydrogen-bond donors (Lipinski definition) is 2. The molecule has 0 fully saturated rings. The molecule has 0 amide bonds. The Bertz CT molecular complexity index is 691. The number of hydrogen-bond acceptors (Lipinski definition) is 4. The van der Waals surface area contributed by atoms with Crippen LogP contribution in [0, 0.1) is 11.3 Å². The fraction of sp³-hybridized carbons (Fsp3) is 0.312. The van der Waals surface area contributed by atoms with Gasteiger partial charge in [0, 0.05) is 17.6 Å². The SMILES string of the molecule is CCCC(CC(=O)O)Nc1c(C#N)cnc2ccccc12. The van der Waals surface area contributed by atoms with E-state index in [0.717, 1.165) is 23.7 Å². The maximum atomic E-state index is 11.0. The highest BCUT2D eigenvalue weighted by atomic mass is 16.4. The van der Waals surface area contributed by atoms with Gasteiger partial charge in [0.25, 0.3) is 0 Å². The van der Waals surface area contributed by atoms with Gasteiger partial charge >= 0.3 is 5.97 Å². The van der Waals surface area contributed by atoms with Crippen molar-refractivity contribution in [2.45, 2.75) is 32.2 Å². The normalized spacial score (nSPS) is 11.8. The maximum absolute atomic E-state index is 11.0. The third-order valence-corrected chi connectivity index (χ3v) is 3.30. The van der Waals surface area contributed by atoms with Crippen LogP contribution in [-0.4, -0.2) is 22.1 Å². The van der Waals surface area contributed by atoms with Gasteiger partial charge in [-0.3, -0.25) is 9.78 Å². The second kappa shape index (κ2) is 6.71. The molecule has 5 nitrogen and oxygen atoms in total. The number of pyridine rings is 1. The monoisotopic (exact) mass is 283 g/mol. The van der Waals surface area contributed by atoms with Crippen molar-refractivity contribution in [1.82, 2.24) is 4.98 Å². The third-order valence-electron chi connectivity index (χ3n) is 3.30. The molecule has 5 heteroatoms. The van der Waals surface area contributed by atoms with Gasteiger partial charge in [-0.25, -0.2) is 0 Å². The molecule has 0 spiro atoms. The largest absolute Gasteiger partial charge is 0.481 e. The summed E-state index contributed by atoms with van der Waals surface area (Å²) in [6.45, 7) is 2.01. The predicted octanol–water partition coefficient (Wildman–Crippen LogP) is 3.16. The van der Waals surface area contributed by atoms with Crippen molar-refractivity contribution in [3.8, 4) is 6.07 Å². The van der Waals surface area contributed by atoms with Gasteiger partial charge in [-0.05, 0) is 12.5 Å². The molecule has 0 bridgehead atoms. The summed E-state index contributed by atoms with van der Waals surface area (Å²) in [5.74, 6) is -0.849. The predicted molar refractivity (Wildman–Crippen MR) is 81.0 cm³/mol. The lowest BCUT2D eigenvalue weighted by Gasteiger charge is -2.19. The summed E-state index contributed by atoms with van der Waals surface area (Å²) < 4.78 is 0. The van der Waals surface area contributed by atoms with E-state index < -0.39 is 5.97 Å². The number of nitriles is 1. The number of benzene rings is 1. The molecule has 2 rings (SSSR count). The van der Waals surface area contributed by atoms with Crippen molar-refractivity contribution in [1.29, 1.82) is 5.26 Å². The average molecular weight is 283 g/mol. The van der Waals surface area contributed by atoms with Crippen LogP contribution in [0.5, 0.6) is 0 Å². The first kappa shape index (κ1) is 14.8. The summed E-state index contributed by atoms with van der Waals surface area (Å²) in [5.41, 5.74) is 1.88. The Morgan fingerprint density at radius 3 is 2.90 bits per heavy atom. The second-order valence-electron chi connectivity index (χ2n) is 4.90. The highest BCUT2D eigenvalue weighted by Crippen LogP contribution is 2.27. The van der Waals surface area contributed by atoms with E-state index in [0.29, 0.717) is 11.3 Å². The Balaban J connectivity index is 2.43. The number of fused-ring (bicyclic) bond motifs is 1. The first-order valence-electron chi connectivity index (χ1n) is 6.92. The summed E-state index contributed by atoms with van der Waals surface area (Å²) in [7, 11) is 0. The number of aromatic nitrogens is 1. The summed E-state index contributed by atoms with van der Waals surface area (Å²) in [6, 6.07) is 9.42. The molecule has 1 atom stereocenters. The maximum Gasteiger partial charge on any atom is 0.305 e. The Hall–Kier alpha value is -2.61. The van der Waals surface area contributed by atoms with E-state index in [2.05, 4.69) is 16.4 Å². The zero-order chi connectivity index (χ0) is 15.2. The number of anilines is 1. The molecular weight excluding hydrogens is 266 g/mol. The molecule has 0 saturated heterocycles. The molecule has 1 heterocycles. The van der Waals surface area contributed by atoms with E-state index in [4.69, 9.17) is 5.11 Å². The van der Waals surface area contributed by atoms with Crippen molar-refractivity contribution in [2.24, 2.45) is 0 Å². The standard InChI is InChI=1S/C16H17N3O2/c1-2-5-12(8-15(20)21)19-16-11(9-17)10-18-14-7-4-3-6-13(14)16/h3-4,6-7,10,12H,2,5,8H2,1H3,(H,18,19)(H,20,21). The van der Waals surface area contributed by atoms with Crippen molar-refractivity contribution >= 4 is 22.6 Å². The number of nitrogens with one attached hydrogen (secondary N) is 1. The summed E-state index contributed by atoms with van der Waals surface area (Å²) in [6.07, 6.45) is 3.15. The average Bonchev–Trinajstić information content (AvgIpc) is 2.47. The lowest BCUT2D eigenvalue weighted by molar-refractivity contribution is -0.137. The summed E-state index contributed by atoms with van der Waals surface area (Å²) in [5, 5.41) is 22.3. The van der Waals surface area contributed by atoms with E-state index in [1.807, 2.05) is 31.2 Å². The molecule has 1 aromatic heterocycles. The topological polar surface area (TPSA) is 86.0 Å². The van der Waals surface area contributed by atoms with E-state index in [9.17, 15) is 10.1 Å². The molecule has 2 N–H and O–H groups in total. The van der Waals surface area contributed by atoms with Gasteiger partial charge in [-0.15, -0.1) is 0 Å². The molecule has 0 saturated carbocycles. The van der Waals surface area contributed by atoms with Gasteiger partial charge in [-0.2, -0.15) is 5.26 Å². The van der Waals surface area contributed by atoms with Crippen LogP contribution in [0.2, 0.25) is 0 Å². The first-order chi connectivity index (χ1) is 10.2. The minimum atomic E-state index is -0.849. The van der Waals surface area contributed by atoms with Crippen molar-refractivity contribution in [3.05, 3.63) is 36.0 Å². The van der Waals surface area contributed by atoms with Crippen LogP contribution in [0.15, 0.2) is 30.5 Å². The molecule has 2 aromatic rings. The number of carboxylic acids is 1. The smallest absolute Gasteiger partial charge is 0.305 e. The molecule has 0 radical (unpaired) electrons. The van der Waals surface area contributed by atoms with Crippen molar-refractivity contribution in [3.63, 3.8) is 0 Å². The van der Waals surface area contributed by atoms with Crippen LogP contribution in [0.1, 0.15) is 31.7 Å². The van der Waals surface area contributed by atoms with Crippen LogP contribution < -0.4 is 5.32 Å². The third kappa shape index (κ3) is 3.48. The van der Waals surface area contributed by atoms with Crippen molar-refractivity contribution in [2.75, 3.05) is 5.32 Å². The van der Waals surface area contributed by atoms with E-state index in [1.165, 1.54) is 6.20 Å². The quantitative estimate of drug-likeness (QED) is 0.850. The number of nitrogens with zero attached hydrogens (tertiary/aromatic N) is 2. The summed E-state index contributed by atoms with van der Waals surface area (Å²) in [4.78, 5) is 15.2. The van der Waals surface area contributed by atoms with E-state index >= 15 is 0 Å². The molecule has 0 aliphatic rings. The minimum absolute atomic E-state index is 0.0232. The lowest BCUT2D eigenvalue weighted by Crippen LogP contribution is -2.23. The lowest BCUT2D eigenvalue weighted by atomic mass is 10.1. The molecule has 0 aliphatic carbocycles. The van der Waals surface area contributed by atoms with E-state index in [1.54, 1.807) is 0 Å². The fourth-order valence-electron chi connectivity index (χ4n) is 2.37. The van der Waals surface area contributed by atoms with Crippen LogP contribution in [0.25, 0.3) is 10.9 Å². The zero-order valence-corrected chi connectivity index (χ0v) is 11.8. The van der Waals surface area contributed by atoms with Gasteiger partial charge in [0.1, 0.15) is 6.07 Å². The molecule has 1 unspecified atom stereocenters. The van der Waals surface area contributed by atoms with Gasteiger partial charge in [0.15, 0.2) is 0 Å². The number of carboxylic acid groups (broad SMARTS) is 1. The Morgan fingerprint density at radius 2 is 2.24 bits per heavy atom. The van der Waals surface area contributed by atoms with E-state index in [-0.39, 0.29) is 12.5 Å². The Labute approximate surface area is 123 Å². The minimum Gasteiger partial charge on any atom is -0.481 e. The number of rotatable bonds is 6. The zero-order valence-electron chi connectivity index (χ0n) is 11.8. The van der Waals surface area contributed by atoms with Gasteiger partial charge in [0.2, 0.25) is 0 Å². The number of para-hydroxylation sites is 1. The second-order valence-corrected chi connectivity index (χ2v) is 4.90. The molecule has 21 heavy (non-hydrogen) atoms. The Kier molecular flexibility index (Phi) is 4.72. The number of aliphatic carboxylic acids is 1. The highest BCUT2D eigenvalue weighted by Gasteiger charge is 2.16. The van der Waals surface area contributed by atoms with Crippen LogP contribution in [-0.2, 0) is 4.79 Å². The van der Waals surface area contributed by atoms with Gasteiger partial charge in [0.05, 0.1) is 23.2 Å². The van der Waals surface area contributed by atoms with Crippen LogP contribution >= 0.6 is 0 Å². The van der Waals surface area contributed by atoms with Crippen LogP contribution in [0.4, 0.5) is 5.69 Å².